The van der Waals surface area contributed by atoms with E-state index in [0.29, 0.717) is 18.2 Å². The van der Waals surface area contributed by atoms with Crippen molar-refractivity contribution >= 4 is 11.3 Å². The van der Waals surface area contributed by atoms with Crippen LogP contribution in [-0.2, 0) is 19.3 Å². The third-order valence-corrected chi connectivity index (χ3v) is 5.41. The number of benzene rings is 1. The molecule has 1 aliphatic rings. The Kier molecular flexibility index (Phi) is 4.89. The summed E-state index contributed by atoms with van der Waals surface area (Å²) < 4.78 is 2.11. The van der Waals surface area contributed by atoms with E-state index < -0.39 is 0 Å². The van der Waals surface area contributed by atoms with Gasteiger partial charge in [0.05, 0.1) is 5.69 Å². The number of carbonyl (C=O) groups is 1. The average molecular weight is 346 g/mol. The fraction of sp³-hybridized carbons (Fsp3) is 0.348. The van der Waals surface area contributed by atoms with E-state index in [1.165, 1.54) is 22.2 Å². The molecule has 26 heavy (non-hydrogen) atoms. The molecule has 0 radical (unpaired) electrons. The fourth-order valence-corrected chi connectivity index (χ4v) is 4.21. The zero-order valence-electron chi connectivity index (χ0n) is 15.4. The van der Waals surface area contributed by atoms with Gasteiger partial charge in [0, 0.05) is 24.2 Å². The summed E-state index contributed by atoms with van der Waals surface area (Å²) in [6.45, 7) is 3.17. The van der Waals surface area contributed by atoms with Gasteiger partial charge in [0.1, 0.15) is 0 Å². The van der Waals surface area contributed by atoms with Crippen LogP contribution in [-0.4, -0.2) is 22.8 Å². The smallest absolute Gasteiger partial charge is 0.179 e. The highest BCUT2D eigenvalue weighted by Crippen LogP contribution is 2.30. The predicted octanol–water partition coefficient (Wildman–Crippen LogP) is 4.22. The fourth-order valence-electron chi connectivity index (χ4n) is 4.21. The first-order valence-corrected chi connectivity index (χ1v) is 9.65. The number of pyridine rings is 1. The number of aromatic nitrogens is 1. The molecule has 2 aromatic heterocycles. The predicted molar refractivity (Wildman–Crippen MR) is 106 cm³/mol. The van der Waals surface area contributed by atoms with Crippen LogP contribution in [0.5, 0.6) is 0 Å². The van der Waals surface area contributed by atoms with E-state index in [1.54, 1.807) is 0 Å². The number of fused-ring (bicyclic) bond motifs is 3. The second-order valence-corrected chi connectivity index (χ2v) is 7.33. The summed E-state index contributed by atoms with van der Waals surface area (Å²) in [7, 11) is 0. The molecule has 3 aromatic rings. The topological polar surface area (TPSA) is 33.5 Å². The van der Waals surface area contributed by atoms with Gasteiger partial charge in [-0.1, -0.05) is 36.4 Å². The first-order chi connectivity index (χ1) is 12.7. The lowest BCUT2D eigenvalue weighted by Crippen LogP contribution is -2.30. The minimum absolute atomic E-state index is 0.295. The summed E-state index contributed by atoms with van der Waals surface area (Å²) in [6, 6.07) is 17.3. The molecule has 2 heterocycles. The first-order valence-electron chi connectivity index (χ1n) is 9.65. The summed E-state index contributed by atoms with van der Waals surface area (Å²) >= 11 is 0. The van der Waals surface area contributed by atoms with Crippen molar-refractivity contribution in [3.63, 3.8) is 0 Å². The Bertz CT molecular complexity index is 911. The molecule has 0 saturated carbocycles. The molecule has 0 aliphatic heterocycles. The first kappa shape index (κ1) is 17.0. The van der Waals surface area contributed by atoms with E-state index >= 15 is 0 Å². The maximum absolute atomic E-state index is 12.5. The van der Waals surface area contributed by atoms with Gasteiger partial charge in [-0.2, -0.15) is 0 Å². The van der Waals surface area contributed by atoms with Gasteiger partial charge in [-0.3, -0.25) is 4.79 Å². The molecule has 0 amide bonds. The number of nitrogens with zero attached hydrogens (tertiary/aromatic N) is 1. The van der Waals surface area contributed by atoms with Gasteiger partial charge in [-0.25, -0.2) is 0 Å². The molecule has 1 aromatic carbocycles. The zero-order valence-corrected chi connectivity index (χ0v) is 15.4. The van der Waals surface area contributed by atoms with Crippen molar-refractivity contribution in [3.8, 4) is 0 Å². The average Bonchev–Trinajstić information content (AvgIpc) is 2.98. The van der Waals surface area contributed by atoms with E-state index in [1.807, 2.05) is 12.3 Å². The summed E-state index contributed by atoms with van der Waals surface area (Å²) in [4.78, 5) is 12.5. The van der Waals surface area contributed by atoms with Crippen molar-refractivity contribution in [1.82, 2.24) is 9.72 Å². The molecule has 134 valence electrons. The van der Waals surface area contributed by atoms with Crippen molar-refractivity contribution in [3.05, 3.63) is 77.1 Å². The molecular formula is C23H26N2O. The molecule has 3 nitrogen and oxygen atoms in total. The largest absolute Gasteiger partial charge is 0.314 e. The lowest BCUT2D eigenvalue weighted by atomic mass is 9.92. The Hall–Kier alpha value is -2.39. The van der Waals surface area contributed by atoms with E-state index in [9.17, 15) is 4.79 Å². The van der Waals surface area contributed by atoms with Crippen LogP contribution >= 0.6 is 0 Å². The van der Waals surface area contributed by atoms with Gasteiger partial charge < -0.3 is 9.72 Å². The maximum atomic E-state index is 12.5. The van der Waals surface area contributed by atoms with Crippen LogP contribution in [0.3, 0.4) is 0 Å². The van der Waals surface area contributed by atoms with Crippen molar-refractivity contribution in [2.24, 2.45) is 0 Å². The highest BCUT2D eigenvalue weighted by Gasteiger charge is 2.25. The maximum Gasteiger partial charge on any atom is 0.179 e. The quantitative estimate of drug-likeness (QED) is 0.725. The second kappa shape index (κ2) is 7.46. The third-order valence-electron chi connectivity index (χ3n) is 5.41. The van der Waals surface area contributed by atoms with E-state index in [0.717, 1.165) is 37.9 Å². The van der Waals surface area contributed by atoms with Gasteiger partial charge >= 0.3 is 0 Å². The Morgan fingerprint density at radius 2 is 1.88 bits per heavy atom. The summed E-state index contributed by atoms with van der Waals surface area (Å²) in [5, 5.41) is 3.66. The molecule has 0 spiro atoms. The molecule has 3 heteroatoms. The minimum Gasteiger partial charge on any atom is -0.314 e. The molecule has 4 rings (SSSR count). The van der Waals surface area contributed by atoms with Gasteiger partial charge in [0.25, 0.3) is 0 Å². The van der Waals surface area contributed by atoms with Crippen LogP contribution in [0.25, 0.3) is 5.52 Å². The summed E-state index contributed by atoms with van der Waals surface area (Å²) in [5.41, 5.74) is 6.13. The summed E-state index contributed by atoms with van der Waals surface area (Å²) in [5.74, 6) is 0.295. The van der Waals surface area contributed by atoms with Crippen molar-refractivity contribution < 1.29 is 4.79 Å². The van der Waals surface area contributed by atoms with Crippen molar-refractivity contribution in [1.29, 1.82) is 0 Å². The number of hydrogen-bond donors (Lipinski definition) is 1. The third kappa shape index (κ3) is 3.32. The van der Waals surface area contributed by atoms with Crippen LogP contribution < -0.4 is 5.32 Å². The van der Waals surface area contributed by atoms with Crippen LogP contribution in [0.1, 0.15) is 46.9 Å². The van der Waals surface area contributed by atoms with E-state index in [2.05, 4.69) is 59.1 Å². The molecule has 1 aliphatic carbocycles. The van der Waals surface area contributed by atoms with Gasteiger partial charge in [0.15, 0.2) is 5.78 Å². The normalized spacial score (nSPS) is 15.2. The molecule has 0 saturated heterocycles. The molecule has 1 N–H and O–H groups in total. The monoisotopic (exact) mass is 346 g/mol. The number of ketones is 1. The number of Topliss-reactive ketones (excluding diaryl/α,β-unsaturated/α-hetero) is 1. The molecule has 0 bridgehead atoms. The Balaban J connectivity index is 1.48. The van der Waals surface area contributed by atoms with E-state index in [-0.39, 0.29) is 0 Å². The highest BCUT2D eigenvalue weighted by molar-refractivity contribution is 5.99. The Labute approximate surface area is 155 Å². The van der Waals surface area contributed by atoms with Gasteiger partial charge in [-0.15, -0.1) is 0 Å². The van der Waals surface area contributed by atoms with Gasteiger partial charge in [0.2, 0.25) is 0 Å². The zero-order chi connectivity index (χ0) is 17.9. The van der Waals surface area contributed by atoms with Crippen LogP contribution in [0.4, 0.5) is 0 Å². The lowest BCUT2D eigenvalue weighted by molar-refractivity contribution is 0.0966. The second-order valence-electron chi connectivity index (χ2n) is 7.33. The van der Waals surface area contributed by atoms with E-state index in [4.69, 9.17) is 0 Å². The number of rotatable bonds is 6. The molecule has 0 fully saturated rings. The summed E-state index contributed by atoms with van der Waals surface area (Å²) in [6.07, 6.45) is 6.72. The Morgan fingerprint density at radius 3 is 2.73 bits per heavy atom. The molecule has 1 unspecified atom stereocenters. The number of nitrogens with one attached hydrogen (secondary N) is 1. The van der Waals surface area contributed by atoms with Crippen LogP contribution in [0, 0.1) is 0 Å². The standard InChI is InChI=1S/C23H26N2O/c1-17(16-18-8-3-2-4-9-18)24-14-13-19-20-10-7-12-22(26)23(20)25-15-6-5-11-21(19)25/h2-6,8-9,11,15,17,24H,7,10,12-14,16H2,1H3. The number of hydrogen-bond acceptors (Lipinski definition) is 2. The van der Waals surface area contributed by atoms with Crippen molar-refractivity contribution in [2.45, 2.75) is 45.1 Å². The van der Waals surface area contributed by atoms with Gasteiger partial charge in [-0.05, 0) is 68.0 Å². The van der Waals surface area contributed by atoms with Crippen molar-refractivity contribution in [2.75, 3.05) is 6.54 Å². The van der Waals surface area contributed by atoms with Crippen LogP contribution in [0.15, 0.2) is 54.7 Å². The lowest BCUT2D eigenvalue weighted by Gasteiger charge is -2.15. The van der Waals surface area contributed by atoms with Crippen LogP contribution in [0.2, 0.25) is 0 Å². The number of carbonyl (C=O) groups excluding carboxylic acids is 1. The Morgan fingerprint density at radius 1 is 1.08 bits per heavy atom. The minimum atomic E-state index is 0.295. The SMILES string of the molecule is CC(Cc1ccccc1)NCCc1c2c(n3ccccc13)C(=O)CCC2. The molecule has 1 atom stereocenters. The molecular weight excluding hydrogens is 320 g/mol. The highest BCUT2D eigenvalue weighted by atomic mass is 16.1.